The molecule has 14 heavy (non-hydrogen) atoms. The number of halogens is 1. The van der Waals surface area contributed by atoms with Crippen LogP contribution in [0.25, 0.3) is 0 Å². The summed E-state index contributed by atoms with van der Waals surface area (Å²) in [5, 5.41) is 7.99. The highest BCUT2D eigenvalue weighted by Gasteiger charge is 1.98. The third kappa shape index (κ3) is 1.88. The molecule has 0 aliphatic heterocycles. The molecular formula is C10H10ClN3. The van der Waals surface area contributed by atoms with Crippen molar-refractivity contribution in [2.45, 2.75) is 0 Å². The largest absolute Gasteiger partial charge is 0.340 e. The molecule has 4 heteroatoms. The molecule has 1 aromatic heterocycles. The van der Waals surface area contributed by atoms with E-state index in [0.717, 1.165) is 16.5 Å². The minimum atomic E-state index is 0.720. The van der Waals surface area contributed by atoms with Gasteiger partial charge in [0.2, 0.25) is 0 Å². The fourth-order valence-corrected chi connectivity index (χ4v) is 1.40. The van der Waals surface area contributed by atoms with Crippen molar-refractivity contribution in [3.8, 4) is 0 Å². The first kappa shape index (κ1) is 9.09. The van der Waals surface area contributed by atoms with Crippen LogP contribution in [0.4, 0.5) is 11.5 Å². The average Bonchev–Trinajstić information content (AvgIpc) is 2.52. The van der Waals surface area contributed by atoms with Gasteiger partial charge in [0.15, 0.2) is 0 Å². The SMILES string of the molecule is Cn1nccc1Nc1cccc(Cl)c1. The number of rotatable bonds is 2. The zero-order valence-corrected chi connectivity index (χ0v) is 8.49. The van der Waals surface area contributed by atoms with Crippen molar-refractivity contribution < 1.29 is 0 Å². The van der Waals surface area contributed by atoms with Crippen LogP contribution in [-0.2, 0) is 7.05 Å². The fraction of sp³-hybridized carbons (Fsp3) is 0.100. The third-order valence-corrected chi connectivity index (χ3v) is 2.15. The first-order valence-electron chi connectivity index (χ1n) is 4.26. The van der Waals surface area contributed by atoms with Crippen molar-refractivity contribution in [1.29, 1.82) is 0 Å². The second kappa shape index (κ2) is 3.72. The van der Waals surface area contributed by atoms with Gasteiger partial charge in [-0.3, -0.25) is 4.68 Å². The summed E-state index contributed by atoms with van der Waals surface area (Å²) in [4.78, 5) is 0. The highest BCUT2D eigenvalue weighted by Crippen LogP contribution is 2.19. The maximum absolute atomic E-state index is 5.86. The second-order valence-corrected chi connectivity index (χ2v) is 3.41. The van der Waals surface area contributed by atoms with Crippen molar-refractivity contribution in [2.75, 3.05) is 5.32 Å². The molecule has 1 heterocycles. The lowest BCUT2D eigenvalue weighted by Crippen LogP contribution is -1.98. The minimum Gasteiger partial charge on any atom is -0.340 e. The van der Waals surface area contributed by atoms with E-state index in [1.165, 1.54) is 0 Å². The standard InChI is InChI=1S/C10H10ClN3/c1-14-10(5-6-12-14)13-9-4-2-3-8(11)7-9/h2-7,13H,1H3. The first-order chi connectivity index (χ1) is 6.75. The molecule has 1 N–H and O–H groups in total. The monoisotopic (exact) mass is 207 g/mol. The molecule has 0 aliphatic carbocycles. The third-order valence-electron chi connectivity index (χ3n) is 1.92. The van der Waals surface area contributed by atoms with Crippen molar-refractivity contribution >= 4 is 23.1 Å². The quantitative estimate of drug-likeness (QED) is 0.821. The van der Waals surface area contributed by atoms with Crippen molar-refractivity contribution in [2.24, 2.45) is 7.05 Å². The van der Waals surface area contributed by atoms with Crippen LogP contribution in [0.2, 0.25) is 5.02 Å². The van der Waals surface area contributed by atoms with Gasteiger partial charge in [-0.15, -0.1) is 0 Å². The van der Waals surface area contributed by atoms with Crippen LogP contribution in [0.1, 0.15) is 0 Å². The Labute approximate surface area is 87.3 Å². The zero-order chi connectivity index (χ0) is 9.97. The van der Waals surface area contributed by atoms with Gasteiger partial charge in [0.25, 0.3) is 0 Å². The maximum Gasteiger partial charge on any atom is 0.128 e. The number of hydrogen-bond donors (Lipinski definition) is 1. The van der Waals surface area contributed by atoms with E-state index in [1.54, 1.807) is 10.9 Å². The smallest absolute Gasteiger partial charge is 0.128 e. The van der Waals surface area contributed by atoms with Crippen molar-refractivity contribution in [3.63, 3.8) is 0 Å². The highest BCUT2D eigenvalue weighted by atomic mass is 35.5. The van der Waals surface area contributed by atoms with Gasteiger partial charge in [0, 0.05) is 23.8 Å². The molecule has 3 nitrogen and oxygen atoms in total. The fourth-order valence-electron chi connectivity index (χ4n) is 1.21. The zero-order valence-electron chi connectivity index (χ0n) is 7.74. The molecule has 0 amide bonds. The van der Waals surface area contributed by atoms with Gasteiger partial charge in [-0.1, -0.05) is 17.7 Å². The second-order valence-electron chi connectivity index (χ2n) is 2.98. The summed E-state index contributed by atoms with van der Waals surface area (Å²) >= 11 is 5.86. The molecule has 2 rings (SSSR count). The van der Waals surface area contributed by atoms with E-state index in [2.05, 4.69) is 10.4 Å². The molecule has 2 aromatic rings. The van der Waals surface area contributed by atoms with E-state index in [4.69, 9.17) is 11.6 Å². The molecule has 0 saturated heterocycles. The molecule has 0 aliphatic rings. The van der Waals surface area contributed by atoms with Gasteiger partial charge in [-0.05, 0) is 18.2 Å². The molecule has 0 unspecified atom stereocenters. The van der Waals surface area contributed by atoms with E-state index in [0.29, 0.717) is 0 Å². The molecule has 0 atom stereocenters. The topological polar surface area (TPSA) is 29.9 Å². The summed E-state index contributed by atoms with van der Waals surface area (Å²) in [6.07, 6.45) is 1.74. The van der Waals surface area contributed by atoms with Crippen LogP contribution in [0.5, 0.6) is 0 Å². The lowest BCUT2D eigenvalue weighted by molar-refractivity contribution is 0.777. The molecule has 0 fully saturated rings. The molecule has 0 bridgehead atoms. The molecule has 0 radical (unpaired) electrons. The van der Waals surface area contributed by atoms with Crippen molar-refractivity contribution in [1.82, 2.24) is 9.78 Å². The highest BCUT2D eigenvalue weighted by molar-refractivity contribution is 6.30. The molecule has 1 aromatic carbocycles. The van der Waals surface area contributed by atoms with Crippen molar-refractivity contribution in [3.05, 3.63) is 41.6 Å². The number of aryl methyl sites for hydroxylation is 1. The normalized spacial score (nSPS) is 10.1. The number of benzene rings is 1. The summed E-state index contributed by atoms with van der Waals surface area (Å²) in [5.74, 6) is 0.937. The number of anilines is 2. The summed E-state index contributed by atoms with van der Waals surface area (Å²) in [5.41, 5.74) is 0.959. The van der Waals surface area contributed by atoms with Crippen LogP contribution in [-0.4, -0.2) is 9.78 Å². The molecule has 0 spiro atoms. The number of nitrogens with zero attached hydrogens (tertiary/aromatic N) is 2. The Morgan fingerprint density at radius 1 is 1.36 bits per heavy atom. The summed E-state index contributed by atoms with van der Waals surface area (Å²) in [6.45, 7) is 0. The van der Waals surface area contributed by atoms with Crippen LogP contribution in [0.3, 0.4) is 0 Å². The van der Waals surface area contributed by atoms with Crippen LogP contribution in [0.15, 0.2) is 36.5 Å². The van der Waals surface area contributed by atoms with Crippen LogP contribution >= 0.6 is 11.6 Å². The lowest BCUT2D eigenvalue weighted by Gasteiger charge is -2.05. The van der Waals surface area contributed by atoms with Crippen LogP contribution < -0.4 is 5.32 Å². The van der Waals surface area contributed by atoms with E-state index < -0.39 is 0 Å². The Balaban J connectivity index is 2.23. The number of nitrogens with one attached hydrogen (secondary N) is 1. The van der Waals surface area contributed by atoms with E-state index in [1.807, 2.05) is 37.4 Å². The van der Waals surface area contributed by atoms with Gasteiger partial charge in [-0.2, -0.15) is 5.10 Å². The number of aromatic nitrogens is 2. The molecule has 0 saturated carbocycles. The molecule has 72 valence electrons. The summed E-state index contributed by atoms with van der Waals surface area (Å²) in [6, 6.07) is 9.48. The van der Waals surface area contributed by atoms with Gasteiger partial charge >= 0.3 is 0 Å². The Morgan fingerprint density at radius 2 is 2.21 bits per heavy atom. The maximum atomic E-state index is 5.86. The summed E-state index contributed by atoms with van der Waals surface area (Å²) in [7, 11) is 1.88. The number of hydrogen-bond acceptors (Lipinski definition) is 2. The predicted octanol–water partition coefficient (Wildman–Crippen LogP) is 2.82. The Kier molecular flexibility index (Phi) is 2.41. The summed E-state index contributed by atoms with van der Waals surface area (Å²) < 4.78 is 1.76. The van der Waals surface area contributed by atoms with Gasteiger partial charge in [0.05, 0.1) is 6.20 Å². The molecular weight excluding hydrogens is 198 g/mol. The van der Waals surface area contributed by atoms with Gasteiger partial charge in [0.1, 0.15) is 5.82 Å². The van der Waals surface area contributed by atoms with E-state index in [-0.39, 0.29) is 0 Å². The Bertz CT molecular complexity index is 436. The van der Waals surface area contributed by atoms with E-state index >= 15 is 0 Å². The predicted molar refractivity (Wildman–Crippen MR) is 57.9 cm³/mol. The van der Waals surface area contributed by atoms with E-state index in [9.17, 15) is 0 Å². The van der Waals surface area contributed by atoms with Crippen LogP contribution in [0, 0.1) is 0 Å². The van der Waals surface area contributed by atoms with Gasteiger partial charge in [-0.25, -0.2) is 0 Å². The first-order valence-corrected chi connectivity index (χ1v) is 4.64. The lowest BCUT2D eigenvalue weighted by atomic mass is 10.3. The Hall–Kier alpha value is -1.48. The Morgan fingerprint density at radius 3 is 2.86 bits per heavy atom. The minimum absolute atomic E-state index is 0.720. The average molecular weight is 208 g/mol. The van der Waals surface area contributed by atoms with Gasteiger partial charge < -0.3 is 5.32 Å².